The third kappa shape index (κ3) is 6.80. The van der Waals surface area contributed by atoms with Crippen LogP contribution in [0.15, 0.2) is 57.9 Å². The van der Waals surface area contributed by atoms with Crippen molar-refractivity contribution in [1.29, 1.82) is 0 Å². The highest BCUT2D eigenvalue weighted by molar-refractivity contribution is 7.91. The van der Waals surface area contributed by atoms with Gasteiger partial charge in [-0.05, 0) is 69.3 Å². The lowest BCUT2D eigenvalue weighted by Gasteiger charge is -2.23. The number of sulfone groups is 1. The van der Waals surface area contributed by atoms with E-state index in [9.17, 15) is 13.2 Å². The van der Waals surface area contributed by atoms with Gasteiger partial charge >= 0.3 is 6.09 Å². The molecule has 186 valence electrons. The van der Waals surface area contributed by atoms with Crippen molar-refractivity contribution in [3.05, 3.63) is 54.4 Å². The molecule has 1 amide bonds. The number of rotatable bonds is 8. The standard InChI is InChI=1S/C24H27N3O7S/c1-24(2,3)33-23(28)27(4)13-21-25-22(26-34-21)16-5-7-17(8-6-16)32-18-9-11-20(12-10-18)35(29,30)15-19-14-31-19/h5-12,19H,13-15H2,1-4H3. The predicted molar refractivity (Wildman–Crippen MR) is 126 cm³/mol. The lowest BCUT2D eigenvalue weighted by atomic mass is 10.2. The molecular formula is C24H27N3O7S. The molecule has 3 aromatic rings. The molecule has 2 aromatic carbocycles. The minimum absolute atomic E-state index is 0.0102. The fourth-order valence-corrected chi connectivity index (χ4v) is 4.50. The topological polar surface area (TPSA) is 124 Å². The van der Waals surface area contributed by atoms with Crippen LogP contribution >= 0.6 is 0 Å². The number of carbonyl (C=O) groups is 1. The van der Waals surface area contributed by atoms with E-state index in [0.717, 1.165) is 0 Å². The Morgan fingerprint density at radius 2 is 1.69 bits per heavy atom. The zero-order valence-corrected chi connectivity index (χ0v) is 20.7. The fraction of sp³-hybridized carbons (Fsp3) is 0.375. The van der Waals surface area contributed by atoms with Crippen LogP contribution in [0.25, 0.3) is 11.4 Å². The van der Waals surface area contributed by atoms with Crippen LogP contribution in [0, 0.1) is 0 Å². The Morgan fingerprint density at radius 3 is 2.26 bits per heavy atom. The Labute approximate surface area is 203 Å². The molecule has 1 saturated heterocycles. The molecular weight excluding hydrogens is 474 g/mol. The number of carbonyl (C=O) groups excluding carboxylic acids is 1. The van der Waals surface area contributed by atoms with Crippen molar-refractivity contribution >= 4 is 15.9 Å². The number of aromatic nitrogens is 2. The smallest absolute Gasteiger partial charge is 0.410 e. The number of epoxide rings is 1. The molecule has 1 atom stereocenters. The summed E-state index contributed by atoms with van der Waals surface area (Å²) in [5, 5.41) is 3.97. The zero-order chi connectivity index (χ0) is 25.2. The minimum atomic E-state index is -3.37. The van der Waals surface area contributed by atoms with Crippen LogP contribution in [0.4, 0.5) is 4.79 Å². The van der Waals surface area contributed by atoms with Crippen molar-refractivity contribution in [3.8, 4) is 22.9 Å². The van der Waals surface area contributed by atoms with Crippen molar-refractivity contribution < 1.29 is 31.9 Å². The van der Waals surface area contributed by atoms with Gasteiger partial charge in [0.15, 0.2) is 9.84 Å². The van der Waals surface area contributed by atoms with Gasteiger partial charge in [0.2, 0.25) is 11.7 Å². The molecule has 1 unspecified atom stereocenters. The number of benzene rings is 2. The maximum Gasteiger partial charge on any atom is 0.410 e. The van der Waals surface area contributed by atoms with Crippen LogP contribution in [-0.4, -0.2) is 60.7 Å². The fourth-order valence-electron chi connectivity index (χ4n) is 3.07. The Kier molecular flexibility index (Phi) is 6.82. The number of amides is 1. The summed E-state index contributed by atoms with van der Waals surface area (Å²) in [7, 11) is -1.78. The molecule has 0 saturated carbocycles. The number of hydrogen-bond donors (Lipinski definition) is 0. The monoisotopic (exact) mass is 501 g/mol. The van der Waals surface area contributed by atoms with Gasteiger partial charge in [0.25, 0.3) is 0 Å². The van der Waals surface area contributed by atoms with Gasteiger partial charge in [-0.2, -0.15) is 4.98 Å². The highest BCUT2D eigenvalue weighted by Crippen LogP contribution is 2.27. The summed E-state index contributed by atoms with van der Waals surface area (Å²) in [6, 6.07) is 13.3. The molecule has 0 bridgehead atoms. The first-order valence-electron chi connectivity index (χ1n) is 11.0. The summed E-state index contributed by atoms with van der Waals surface area (Å²) in [6.45, 7) is 5.99. The van der Waals surface area contributed by atoms with E-state index in [0.29, 0.717) is 29.5 Å². The lowest BCUT2D eigenvalue weighted by Crippen LogP contribution is -2.33. The molecule has 10 nitrogen and oxygen atoms in total. The van der Waals surface area contributed by atoms with Crippen molar-refractivity contribution in [2.45, 2.75) is 43.9 Å². The van der Waals surface area contributed by atoms with Gasteiger partial charge in [0.05, 0.1) is 23.4 Å². The highest BCUT2D eigenvalue weighted by Gasteiger charge is 2.30. The van der Waals surface area contributed by atoms with Gasteiger partial charge in [0.1, 0.15) is 23.6 Å². The average molecular weight is 502 g/mol. The van der Waals surface area contributed by atoms with Crippen molar-refractivity contribution in [1.82, 2.24) is 15.0 Å². The Bertz CT molecular complexity index is 1280. The van der Waals surface area contributed by atoms with E-state index in [4.69, 9.17) is 18.7 Å². The molecule has 1 aliphatic rings. The van der Waals surface area contributed by atoms with E-state index in [1.165, 1.54) is 17.0 Å². The highest BCUT2D eigenvalue weighted by atomic mass is 32.2. The molecule has 1 aliphatic heterocycles. The molecule has 1 aromatic heterocycles. The molecule has 0 aliphatic carbocycles. The first kappa shape index (κ1) is 24.7. The largest absolute Gasteiger partial charge is 0.457 e. The third-order valence-electron chi connectivity index (χ3n) is 4.88. The molecule has 0 N–H and O–H groups in total. The zero-order valence-electron chi connectivity index (χ0n) is 19.9. The Hall–Kier alpha value is -3.44. The molecule has 4 rings (SSSR count). The van der Waals surface area contributed by atoms with E-state index in [1.54, 1.807) is 64.2 Å². The second kappa shape index (κ2) is 9.67. The number of ether oxygens (including phenoxy) is 3. The van der Waals surface area contributed by atoms with E-state index >= 15 is 0 Å². The number of nitrogens with zero attached hydrogens (tertiary/aromatic N) is 3. The molecule has 35 heavy (non-hydrogen) atoms. The van der Waals surface area contributed by atoms with E-state index in [-0.39, 0.29) is 29.2 Å². The van der Waals surface area contributed by atoms with E-state index in [1.807, 2.05) is 0 Å². The molecule has 0 radical (unpaired) electrons. The summed E-state index contributed by atoms with van der Waals surface area (Å²) in [5.74, 6) is 1.70. The molecule has 11 heteroatoms. The normalized spacial score (nSPS) is 15.5. The first-order valence-corrected chi connectivity index (χ1v) is 12.6. The van der Waals surface area contributed by atoms with Gasteiger partial charge < -0.3 is 23.6 Å². The Balaban J connectivity index is 1.35. The minimum Gasteiger partial charge on any atom is -0.457 e. The van der Waals surface area contributed by atoms with Crippen LogP contribution in [0.3, 0.4) is 0 Å². The number of hydrogen-bond acceptors (Lipinski definition) is 9. The second-order valence-electron chi connectivity index (χ2n) is 9.18. The summed E-state index contributed by atoms with van der Waals surface area (Å²) in [6.07, 6.45) is -0.683. The van der Waals surface area contributed by atoms with Gasteiger partial charge in [-0.1, -0.05) is 5.16 Å². The maximum absolute atomic E-state index is 12.3. The summed E-state index contributed by atoms with van der Waals surface area (Å²) < 4.78 is 46.0. The van der Waals surface area contributed by atoms with Crippen molar-refractivity contribution in [2.75, 3.05) is 19.4 Å². The summed E-state index contributed by atoms with van der Waals surface area (Å²) >= 11 is 0. The molecule has 0 spiro atoms. The lowest BCUT2D eigenvalue weighted by molar-refractivity contribution is 0.0268. The van der Waals surface area contributed by atoms with Gasteiger partial charge in [-0.3, -0.25) is 0 Å². The van der Waals surface area contributed by atoms with E-state index < -0.39 is 21.5 Å². The van der Waals surface area contributed by atoms with Gasteiger partial charge in [-0.25, -0.2) is 13.2 Å². The summed E-state index contributed by atoms with van der Waals surface area (Å²) in [4.78, 5) is 18.0. The van der Waals surface area contributed by atoms with Crippen LogP contribution in [0.5, 0.6) is 11.5 Å². The van der Waals surface area contributed by atoms with Gasteiger partial charge in [-0.15, -0.1) is 0 Å². The van der Waals surface area contributed by atoms with Gasteiger partial charge in [0, 0.05) is 12.6 Å². The second-order valence-corrected chi connectivity index (χ2v) is 11.2. The maximum atomic E-state index is 12.3. The van der Waals surface area contributed by atoms with Crippen LogP contribution < -0.4 is 4.74 Å². The quantitative estimate of drug-likeness (QED) is 0.420. The summed E-state index contributed by atoms with van der Waals surface area (Å²) in [5.41, 5.74) is 0.108. The van der Waals surface area contributed by atoms with Crippen molar-refractivity contribution in [3.63, 3.8) is 0 Å². The van der Waals surface area contributed by atoms with Crippen LogP contribution in [-0.2, 0) is 25.9 Å². The Morgan fingerprint density at radius 1 is 1.09 bits per heavy atom. The average Bonchev–Trinajstić information content (AvgIpc) is 3.47. The van der Waals surface area contributed by atoms with Crippen LogP contribution in [0.2, 0.25) is 0 Å². The SMILES string of the molecule is CN(Cc1nc(-c2ccc(Oc3ccc(S(=O)(=O)CC4CO4)cc3)cc2)no1)C(=O)OC(C)(C)C. The molecule has 2 heterocycles. The van der Waals surface area contributed by atoms with E-state index in [2.05, 4.69) is 10.1 Å². The molecule has 1 fully saturated rings. The van der Waals surface area contributed by atoms with Crippen molar-refractivity contribution in [2.24, 2.45) is 0 Å². The van der Waals surface area contributed by atoms with Crippen LogP contribution in [0.1, 0.15) is 26.7 Å². The first-order chi connectivity index (χ1) is 16.5. The predicted octanol–water partition coefficient (Wildman–Crippen LogP) is 4.07. The third-order valence-corrected chi connectivity index (χ3v) is 6.69.